The van der Waals surface area contributed by atoms with Gasteiger partial charge < -0.3 is 10.6 Å². The Morgan fingerprint density at radius 3 is 1.97 bits per heavy atom. The topological polar surface area (TPSA) is 86.9 Å². The number of carbonyl (C=O) groups excluding carboxylic acids is 2. The molecule has 1 heterocycles. The third kappa shape index (κ3) is 5.10. The van der Waals surface area contributed by atoms with Crippen LogP contribution in [0.15, 0.2) is 97.2 Å². The first-order chi connectivity index (χ1) is 15.7. The number of amides is 2. The Morgan fingerprint density at radius 2 is 1.38 bits per heavy atom. The van der Waals surface area contributed by atoms with Crippen LogP contribution >= 0.6 is 0 Å². The lowest BCUT2D eigenvalue weighted by molar-refractivity contribution is -0.116. The first-order valence-electron chi connectivity index (χ1n) is 10.5. The largest absolute Gasteiger partial charge is 0.350 e. The number of H-pyrrole nitrogens is 1. The third-order valence-electron chi connectivity index (χ3n) is 5.18. The summed E-state index contributed by atoms with van der Waals surface area (Å²) in [5, 5.41) is 12.5. The molecule has 4 aromatic rings. The van der Waals surface area contributed by atoms with Gasteiger partial charge in [0.2, 0.25) is 5.91 Å². The van der Waals surface area contributed by atoms with E-state index in [-0.39, 0.29) is 17.5 Å². The number of nitrogens with zero attached hydrogens (tertiary/aromatic N) is 1. The smallest absolute Gasteiger partial charge is 0.273 e. The van der Waals surface area contributed by atoms with E-state index in [9.17, 15) is 9.59 Å². The van der Waals surface area contributed by atoms with Gasteiger partial charge >= 0.3 is 0 Å². The van der Waals surface area contributed by atoms with Gasteiger partial charge in [-0.1, -0.05) is 91.0 Å². The number of carbonyl (C=O) groups is 2. The fourth-order valence-corrected chi connectivity index (χ4v) is 3.60. The van der Waals surface area contributed by atoms with Crippen molar-refractivity contribution in [2.24, 2.45) is 0 Å². The minimum Gasteiger partial charge on any atom is -0.350 e. The zero-order valence-electron chi connectivity index (χ0n) is 17.5. The first-order valence-corrected chi connectivity index (χ1v) is 10.5. The monoisotopic (exact) mass is 424 g/mol. The van der Waals surface area contributed by atoms with Gasteiger partial charge in [0.1, 0.15) is 0 Å². The molecule has 0 aliphatic rings. The summed E-state index contributed by atoms with van der Waals surface area (Å²) in [6, 6.07) is 29.0. The molecule has 6 heteroatoms. The van der Waals surface area contributed by atoms with Crippen molar-refractivity contribution < 1.29 is 9.59 Å². The van der Waals surface area contributed by atoms with Crippen LogP contribution in [0.2, 0.25) is 0 Å². The number of hydrogen-bond donors (Lipinski definition) is 3. The van der Waals surface area contributed by atoms with E-state index in [0.29, 0.717) is 18.7 Å². The van der Waals surface area contributed by atoms with Crippen LogP contribution < -0.4 is 10.6 Å². The molecule has 3 N–H and O–H groups in total. The Bertz CT molecular complexity index is 1120. The fourth-order valence-electron chi connectivity index (χ4n) is 3.60. The first kappa shape index (κ1) is 21.1. The van der Waals surface area contributed by atoms with Crippen LogP contribution in [0.1, 0.15) is 33.1 Å². The minimum absolute atomic E-state index is 0.159. The zero-order chi connectivity index (χ0) is 22.2. The second-order valence-corrected chi connectivity index (χ2v) is 7.38. The van der Waals surface area contributed by atoms with Gasteiger partial charge in [-0.2, -0.15) is 5.10 Å². The van der Waals surface area contributed by atoms with Crippen LogP contribution in [-0.4, -0.2) is 28.6 Å². The lowest BCUT2D eigenvalue weighted by atomic mass is 9.90. The van der Waals surface area contributed by atoms with Gasteiger partial charge in [0.15, 0.2) is 5.69 Å². The molecule has 4 rings (SSSR count). The van der Waals surface area contributed by atoms with Crippen LogP contribution in [0.5, 0.6) is 0 Å². The highest BCUT2D eigenvalue weighted by atomic mass is 16.2. The van der Waals surface area contributed by atoms with Crippen LogP contribution in [0.3, 0.4) is 0 Å². The maximum Gasteiger partial charge on any atom is 0.273 e. The second kappa shape index (κ2) is 10.2. The van der Waals surface area contributed by atoms with E-state index in [1.54, 1.807) is 0 Å². The maximum absolute atomic E-state index is 13.3. The molecular formula is C26H24N4O2. The van der Waals surface area contributed by atoms with Crippen LogP contribution in [-0.2, 0) is 11.2 Å². The molecule has 0 aliphatic heterocycles. The van der Waals surface area contributed by atoms with Crippen LogP contribution in [0.25, 0.3) is 0 Å². The Labute approximate surface area is 186 Å². The predicted octanol–water partition coefficient (Wildman–Crippen LogP) is 4.15. The molecule has 6 nitrogen and oxygen atoms in total. The van der Waals surface area contributed by atoms with Gasteiger partial charge in [0.05, 0.1) is 11.6 Å². The molecule has 0 bridgehead atoms. The molecule has 0 saturated carbocycles. The minimum atomic E-state index is -0.513. The summed E-state index contributed by atoms with van der Waals surface area (Å²) >= 11 is 0. The number of hydrogen-bond acceptors (Lipinski definition) is 3. The maximum atomic E-state index is 13.3. The number of benzene rings is 3. The second-order valence-electron chi connectivity index (χ2n) is 7.38. The summed E-state index contributed by atoms with van der Waals surface area (Å²) in [6.45, 7) is 0.472. The number of aromatic nitrogens is 2. The number of anilines is 1. The molecule has 0 aliphatic carbocycles. The van der Waals surface area contributed by atoms with Gasteiger partial charge in [-0.25, -0.2) is 0 Å². The van der Waals surface area contributed by atoms with Gasteiger partial charge in [-0.15, -0.1) is 0 Å². The van der Waals surface area contributed by atoms with Gasteiger partial charge in [-0.05, 0) is 23.1 Å². The van der Waals surface area contributed by atoms with E-state index in [1.165, 1.54) is 6.20 Å². The zero-order valence-corrected chi connectivity index (χ0v) is 17.5. The number of aromatic amines is 1. The standard InChI is InChI=1S/C26H24N4O2/c31-25(23(20-12-6-2-7-13-20)21-14-8-3-9-15-21)29-22-18-28-30-24(22)26(32)27-17-16-19-10-4-1-5-11-19/h1-15,18,23H,16-17H2,(H,27,32)(H,28,30)(H,29,31). The van der Waals surface area contributed by atoms with Crippen molar-refractivity contribution in [3.8, 4) is 0 Å². The van der Waals surface area contributed by atoms with Crippen LogP contribution in [0.4, 0.5) is 5.69 Å². The number of rotatable bonds is 8. The van der Waals surface area contributed by atoms with E-state index in [2.05, 4.69) is 20.8 Å². The normalized spacial score (nSPS) is 10.7. The molecule has 2 amide bonds. The van der Waals surface area contributed by atoms with Crippen molar-refractivity contribution in [2.45, 2.75) is 12.3 Å². The van der Waals surface area contributed by atoms with E-state index in [1.807, 2.05) is 91.0 Å². The molecule has 0 atom stereocenters. The summed E-state index contributed by atoms with van der Waals surface area (Å²) in [7, 11) is 0. The molecule has 3 aromatic carbocycles. The summed E-state index contributed by atoms with van der Waals surface area (Å²) in [4.78, 5) is 26.0. The Morgan fingerprint density at radius 1 is 0.812 bits per heavy atom. The van der Waals surface area contributed by atoms with Gasteiger partial charge in [0.25, 0.3) is 5.91 Å². The summed E-state index contributed by atoms with van der Waals surface area (Å²) in [5.41, 5.74) is 3.38. The Kier molecular flexibility index (Phi) is 6.72. The van der Waals surface area contributed by atoms with E-state index in [0.717, 1.165) is 16.7 Å². The van der Waals surface area contributed by atoms with Crippen molar-refractivity contribution in [1.82, 2.24) is 15.5 Å². The summed E-state index contributed by atoms with van der Waals surface area (Å²) in [6.07, 6.45) is 2.24. The Balaban J connectivity index is 1.47. The van der Waals surface area contributed by atoms with E-state index in [4.69, 9.17) is 0 Å². The SMILES string of the molecule is O=C(NCCc1ccccc1)c1n[nH]cc1NC(=O)C(c1ccccc1)c1ccccc1. The average molecular weight is 425 g/mol. The quantitative estimate of drug-likeness (QED) is 0.397. The number of nitrogens with one attached hydrogen (secondary N) is 3. The van der Waals surface area contributed by atoms with Crippen LogP contribution in [0, 0.1) is 0 Å². The lowest BCUT2D eigenvalue weighted by Gasteiger charge is -2.17. The molecule has 0 fully saturated rings. The summed E-state index contributed by atoms with van der Waals surface area (Å²) < 4.78 is 0. The van der Waals surface area contributed by atoms with Crippen molar-refractivity contribution >= 4 is 17.5 Å². The molecule has 0 saturated heterocycles. The molecule has 0 spiro atoms. The van der Waals surface area contributed by atoms with Gasteiger partial charge in [-0.3, -0.25) is 14.7 Å². The predicted molar refractivity (Wildman–Crippen MR) is 124 cm³/mol. The highest BCUT2D eigenvalue weighted by Gasteiger charge is 2.25. The highest BCUT2D eigenvalue weighted by molar-refractivity contribution is 6.04. The molecule has 0 radical (unpaired) electrons. The van der Waals surface area contributed by atoms with Crippen molar-refractivity contribution in [1.29, 1.82) is 0 Å². The molecular weight excluding hydrogens is 400 g/mol. The van der Waals surface area contributed by atoms with E-state index >= 15 is 0 Å². The Hall–Kier alpha value is -4.19. The fraction of sp³-hybridized carbons (Fsp3) is 0.115. The molecule has 1 aromatic heterocycles. The summed E-state index contributed by atoms with van der Waals surface area (Å²) in [5.74, 6) is -1.09. The van der Waals surface area contributed by atoms with E-state index < -0.39 is 5.92 Å². The molecule has 0 unspecified atom stereocenters. The molecule has 32 heavy (non-hydrogen) atoms. The van der Waals surface area contributed by atoms with Crippen molar-refractivity contribution in [2.75, 3.05) is 11.9 Å². The molecule has 160 valence electrons. The lowest BCUT2D eigenvalue weighted by Crippen LogP contribution is -2.28. The third-order valence-corrected chi connectivity index (χ3v) is 5.18. The van der Waals surface area contributed by atoms with Crippen molar-refractivity contribution in [3.05, 3.63) is 120 Å². The van der Waals surface area contributed by atoms with Crippen molar-refractivity contribution in [3.63, 3.8) is 0 Å². The average Bonchev–Trinajstić information content (AvgIpc) is 3.29. The van der Waals surface area contributed by atoms with Gasteiger partial charge in [0, 0.05) is 12.7 Å². The highest BCUT2D eigenvalue weighted by Crippen LogP contribution is 2.26.